The third kappa shape index (κ3) is 1.25. The molecule has 0 spiro atoms. The van der Waals surface area contributed by atoms with Gasteiger partial charge in [0.25, 0.3) is 0 Å². The summed E-state index contributed by atoms with van der Waals surface area (Å²) in [5.74, 6) is -0.876. The van der Waals surface area contributed by atoms with Gasteiger partial charge < -0.3 is 9.67 Å². The molecule has 3 heteroatoms. The Morgan fingerprint density at radius 3 is 2.86 bits per heavy atom. The van der Waals surface area contributed by atoms with Crippen LogP contribution in [0, 0.1) is 0 Å². The van der Waals surface area contributed by atoms with Crippen LogP contribution in [0.1, 0.15) is 34.6 Å². The summed E-state index contributed by atoms with van der Waals surface area (Å²) in [5.41, 5.74) is 2.64. The summed E-state index contributed by atoms with van der Waals surface area (Å²) in [5, 5.41) is 8.98. The predicted octanol–water partition coefficient (Wildman–Crippen LogP) is 2.17. The van der Waals surface area contributed by atoms with E-state index >= 15 is 0 Å². The summed E-state index contributed by atoms with van der Waals surface area (Å²) in [6.45, 7) is 3.65. The molecule has 3 nitrogen and oxygen atoms in total. The normalized spacial score (nSPS) is 14.9. The van der Waals surface area contributed by atoms with Crippen LogP contribution in [0.2, 0.25) is 0 Å². The van der Waals surface area contributed by atoms with Gasteiger partial charge in [0.1, 0.15) is 5.69 Å². The van der Waals surface area contributed by atoms with Crippen molar-refractivity contribution < 1.29 is 9.90 Å². The lowest BCUT2D eigenvalue weighted by Crippen LogP contribution is -2.08. The molecule has 1 heterocycles. The van der Waals surface area contributed by atoms with Crippen molar-refractivity contribution in [1.29, 1.82) is 0 Å². The first-order valence-electron chi connectivity index (χ1n) is 4.83. The molecule has 0 bridgehead atoms. The van der Waals surface area contributed by atoms with Crippen LogP contribution in [0.15, 0.2) is 12.6 Å². The molecule has 1 N–H and O–H groups in total. The van der Waals surface area contributed by atoms with E-state index in [4.69, 9.17) is 5.11 Å². The smallest absolute Gasteiger partial charge is 0.352 e. The number of aromatic nitrogens is 1. The van der Waals surface area contributed by atoms with Crippen LogP contribution in [0.5, 0.6) is 0 Å². The molecule has 0 radical (unpaired) electrons. The lowest BCUT2D eigenvalue weighted by Gasteiger charge is -2.13. The number of hydrogen-bond acceptors (Lipinski definition) is 1. The van der Waals surface area contributed by atoms with Crippen molar-refractivity contribution in [2.45, 2.75) is 25.7 Å². The van der Waals surface area contributed by atoms with E-state index in [1.165, 1.54) is 5.56 Å². The summed E-state index contributed by atoms with van der Waals surface area (Å²) in [6, 6.07) is 1.78. The second-order valence-corrected chi connectivity index (χ2v) is 3.57. The van der Waals surface area contributed by atoms with Crippen LogP contribution in [0.25, 0.3) is 6.20 Å². The van der Waals surface area contributed by atoms with Crippen LogP contribution in [0.3, 0.4) is 0 Å². The Hall–Kier alpha value is -1.51. The Morgan fingerprint density at radius 1 is 1.50 bits per heavy atom. The van der Waals surface area contributed by atoms with Crippen LogP contribution in [-0.2, 0) is 12.8 Å². The second-order valence-electron chi connectivity index (χ2n) is 3.57. The highest BCUT2D eigenvalue weighted by molar-refractivity contribution is 5.87. The van der Waals surface area contributed by atoms with Crippen LogP contribution < -0.4 is 0 Å². The van der Waals surface area contributed by atoms with Crippen LogP contribution >= 0.6 is 0 Å². The minimum Gasteiger partial charge on any atom is -0.477 e. The summed E-state index contributed by atoms with van der Waals surface area (Å²) >= 11 is 0. The number of rotatable bonds is 2. The Balaban J connectivity index is 2.57. The van der Waals surface area contributed by atoms with Gasteiger partial charge in [-0.3, -0.25) is 0 Å². The quantitative estimate of drug-likeness (QED) is 0.778. The van der Waals surface area contributed by atoms with E-state index in [9.17, 15) is 4.79 Å². The first-order valence-corrected chi connectivity index (χ1v) is 4.83. The molecule has 0 saturated heterocycles. The van der Waals surface area contributed by atoms with Gasteiger partial charge in [-0.1, -0.05) is 6.58 Å². The van der Waals surface area contributed by atoms with Crippen molar-refractivity contribution in [3.63, 3.8) is 0 Å². The van der Waals surface area contributed by atoms with Gasteiger partial charge >= 0.3 is 5.97 Å². The van der Waals surface area contributed by atoms with Crippen molar-refractivity contribution >= 4 is 12.2 Å². The number of aryl methyl sites for hydroxylation is 1. The lowest BCUT2D eigenvalue weighted by molar-refractivity contribution is 0.0688. The SMILES string of the molecule is C=Cn1c(C(=O)O)cc2c1CCCC2. The van der Waals surface area contributed by atoms with Gasteiger partial charge in [0.2, 0.25) is 0 Å². The van der Waals surface area contributed by atoms with Gasteiger partial charge in [0.05, 0.1) is 0 Å². The third-order valence-electron chi connectivity index (χ3n) is 2.74. The summed E-state index contributed by atoms with van der Waals surface area (Å²) in [6.07, 6.45) is 5.86. The Bertz CT molecular complexity index is 390. The van der Waals surface area contributed by atoms with E-state index in [1.54, 1.807) is 16.8 Å². The summed E-state index contributed by atoms with van der Waals surface area (Å²) < 4.78 is 1.71. The van der Waals surface area contributed by atoms with Crippen molar-refractivity contribution in [1.82, 2.24) is 4.57 Å². The van der Waals surface area contributed by atoms with Gasteiger partial charge in [-0.25, -0.2) is 4.79 Å². The minimum atomic E-state index is -0.876. The van der Waals surface area contributed by atoms with E-state index in [1.807, 2.05) is 0 Å². The zero-order valence-corrected chi connectivity index (χ0v) is 7.99. The molecule has 0 aromatic carbocycles. The van der Waals surface area contributed by atoms with Gasteiger partial charge in [-0.05, 0) is 37.3 Å². The standard InChI is InChI=1S/C11H13NO2/c1-2-12-9-6-4-3-5-8(9)7-10(12)11(13)14/h2,7H,1,3-6H2,(H,13,14). The maximum Gasteiger partial charge on any atom is 0.352 e. The number of fused-ring (bicyclic) bond motifs is 1. The zero-order chi connectivity index (χ0) is 10.1. The van der Waals surface area contributed by atoms with Crippen molar-refractivity contribution in [3.8, 4) is 0 Å². The second kappa shape index (κ2) is 3.33. The summed E-state index contributed by atoms with van der Waals surface area (Å²) in [7, 11) is 0. The number of aromatic carboxylic acids is 1. The van der Waals surface area contributed by atoms with Crippen molar-refractivity contribution in [3.05, 3.63) is 29.6 Å². The number of hydrogen-bond donors (Lipinski definition) is 1. The fraction of sp³-hybridized carbons (Fsp3) is 0.364. The molecule has 14 heavy (non-hydrogen) atoms. The van der Waals surface area contributed by atoms with Gasteiger partial charge in [0.15, 0.2) is 0 Å². The molecule has 74 valence electrons. The monoisotopic (exact) mass is 191 g/mol. The Labute approximate surface area is 82.7 Å². The van der Waals surface area contributed by atoms with Crippen LogP contribution in [-0.4, -0.2) is 15.6 Å². The van der Waals surface area contributed by atoms with Crippen molar-refractivity contribution in [2.75, 3.05) is 0 Å². The molecule has 0 aliphatic heterocycles. The summed E-state index contributed by atoms with van der Waals surface area (Å²) in [4.78, 5) is 10.9. The van der Waals surface area contributed by atoms with Crippen molar-refractivity contribution in [2.24, 2.45) is 0 Å². The number of carboxylic acids is 1. The van der Waals surface area contributed by atoms with Crippen LogP contribution in [0.4, 0.5) is 0 Å². The number of nitrogens with zero attached hydrogens (tertiary/aromatic N) is 1. The fourth-order valence-electron chi connectivity index (χ4n) is 2.10. The zero-order valence-electron chi connectivity index (χ0n) is 7.99. The molecule has 0 amide bonds. The first-order chi connectivity index (χ1) is 6.74. The number of carboxylic acid groups (broad SMARTS) is 1. The minimum absolute atomic E-state index is 0.340. The topological polar surface area (TPSA) is 42.2 Å². The van der Waals surface area contributed by atoms with Gasteiger partial charge in [0, 0.05) is 11.9 Å². The van der Waals surface area contributed by atoms with E-state index in [0.29, 0.717) is 5.69 Å². The highest BCUT2D eigenvalue weighted by Gasteiger charge is 2.19. The fourth-order valence-corrected chi connectivity index (χ4v) is 2.10. The molecule has 0 unspecified atom stereocenters. The molecule has 1 aromatic rings. The van der Waals surface area contributed by atoms with E-state index < -0.39 is 5.97 Å². The molecule has 1 aliphatic rings. The lowest BCUT2D eigenvalue weighted by atomic mass is 9.98. The van der Waals surface area contributed by atoms with E-state index in [2.05, 4.69) is 6.58 Å². The Kier molecular flexibility index (Phi) is 2.15. The highest BCUT2D eigenvalue weighted by Crippen LogP contribution is 2.25. The predicted molar refractivity (Wildman–Crippen MR) is 54.4 cm³/mol. The first kappa shape index (κ1) is 9.06. The largest absolute Gasteiger partial charge is 0.477 e. The maximum atomic E-state index is 10.9. The average Bonchev–Trinajstić information content (AvgIpc) is 2.56. The highest BCUT2D eigenvalue weighted by atomic mass is 16.4. The van der Waals surface area contributed by atoms with Gasteiger partial charge in [-0.15, -0.1) is 0 Å². The molecular weight excluding hydrogens is 178 g/mol. The maximum absolute atomic E-state index is 10.9. The molecule has 0 atom stereocenters. The average molecular weight is 191 g/mol. The Morgan fingerprint density at radius 2 is 2.21 bits per heavy atom. The third-order valence-corrected chi connectivity index (χ3v) is 2.74. The number of carbonyl (C=O) groups is 1. The van der Waals surface area contributed by atoms with E-state index in [-0.39, 0.29) is 0 Å². The van der Waals surface area contributed by atoms with E-state index in [0.717, 1.165) is 31.4 Å². The molecule has 1 aliphatic carbocycles. The van der Waals surface area contributed by atoms with Gasteiger partial charge in [-0.2, -0.15) is 0 Å². The molecule has 0 fully saturated rings. The molecule has 1 aromatic heterocycles. The molecular formula is C11H13NO2. The molecule has 2 rings (SSSR count). The molecule has 0 saturated carbocycles.